The van der Waals surface area contributed by atoms with E-state index in [1.807, 2.05) is 36.4 Å². The van der Waals surface area contributed by atoms with E-state index >= 15 is 0 Å². The molecule has 1 heterocycles. The quantitative estimate of drug-likeness (QED) is 0.817. The minimum absolute atomic E-state index is 0. The first kappa shape index (κ1) is 15.1. The van der Waals surface area contributed by atoms with Crippen LogP contribution in [0.1, 0.15) is 19.1 Å². The molecule has 2 aromatic rings. The summed E-state index contributed by atoms with van der Waals surface area (Å²) in [6, 6.07) is 11.7. The zero-order valence-electron chi connectivity index (χ0n) is 10.3. The summed E-state index contributed by atoms with van der Waals surface area (Å²) >= 11 is 6.12. The molecule has 2 rings (SSSR count). The predicted octanol–water partition coefficient (Wildman–Crippen LogP) is 4.52. The minimum Gasteiger partial charge on any atom is -0.460 e. The zero-order chi connectivity index (χ0) is 12.1. The fraction of sp³-hybridized carbons (Fsp3) is 0.286. The molecule has 1 aromatic carbocycles. The molecule has 0 saturated carbocycles. The molecule has 0 radical (unpaired) electrons. The lowest BCUT2D eigenvalue weighted by atomic mass is 10.2. The summed E-state index contributed by atoms with van der Waals surface area (Å²) in [4.78, 5) is 0. The second-order valence-electron chi connectivity index (χ2n) is 3.92. The van der Waals surface area contributed by atoms with Crippen molar-refractivity contribution in [3.63, 3.8) is 0 Å². The van der Waals surface area contributed by atoms with Gasteiger partial charge in [0.2, 0.25) is 0 Å². The Morgan fingerprint density at radius 1 is 1.17 bits per heavy atom. The summed E-state index contributed by atoms with van der Waals surface area (Å²) in [5.41, 5.74) is 0.941. The second kappa shape index (κ2) is 7.47. The van der Waals surface area contributed by atoms with Crippen molar-refractivity contribution in [1.82, 2.24) is 5.32 Å². The van der Waals surface area contributed by atoms with E-state index in [4.69, 9.17) is 16.0 Å². The molecule has 0 aliphatic rings. The van der Waals surface area contributed by atoms with Gasteiger partial charge in [0.05, 0.1) is 11.6 Å². The summed E-state index contributed by atoms with van der Waals surface area (Å²) in [6.45, 7) is 3.91. The molecule has 0 atom stereocenters. The molecule has 0 bridgehead atoms. The Labute approximate surface area is 119 Å². The van der Waals surface area contributed by atoms with Gasteiger partial charge in [0.1, 0.15) is 11.5 Å². The SMILES string of the molecule is CCCNCc1ccc(-c2ccccc2Cl)o1.Cl. The molecular weight excluding hydrogens is 269 g/mol. The molecular formula is C14H17Cl2NO. The van der Waals surface area contributed by atoms with Gasteiger partial charge in [-0.3, -0.25) is 0 Å². The van der Waals surface area contributed by atoms with Crippen molar-refractivity contribution in [2.75, 3.05) is 6.54 Å². The summed E-state index contributed by atoms with van der Waals surface area (Å²) < 4.78 is 5.75. The number of nitrogens with one attached hydrogen (secondary N) is 1. The van der Waals surface area contributed by atoms with Crippen molar-refractivity contribution in [1.29, 1.82) is 0 Å². The van der Waals surface area contributed by atoms with Crippen LogP contribution in [0, 0.1) is 0 Å². The van der Waals surface area contributed by atoms with Crippen LogP contribution in [-0.4, -0.2) is 6.54 Å². The second-order valence-corrected chi connectivity index (χ2v) is 4.33. The van der Waals surface area contributed by atoms with Crippen molar-refractivity contribution in [2.45, 2.75) is 19.9 Å². The van der Waals surface area contributed by atoms with Crippen molar-refractivity contribution in [3.05, 3.63) is 47.2 Å². The molecule has 1 N–H and O–H groups in total. The van der Waals surface area contributed by atoms with Crippen LogP contribution < -0.4 is 5.32 Å². The van der Waals surface area contributed by atoms with Crippen LogP contribution >= 0.6 is 24.0 Å². The summed E-state index contributed by atoms with van der Waals surface area (Å²) in [5, 5.41) is 4.02. The average molecular weight is 286 g/mol. The van der Waals surface area contributed by atoms with Crippen LogP contribution in [0.15, 0.2) is 40.8 Å². The molecule has 0 fully saturated rings. The van der Waals surface area contributed by atoms with Gasteiger partial charge in [-0.2, -0.15) is 0 Å². The van der Waals surface area contributed by atoms with Gasteiger partial charge < -0.3 is 9.73 Å². The fourth-order valence-electron chi connectivity index (χ4n) is 1.67. The number of rotatable bonds is 5. The van der Waals surface area contributed by atoms with Gasteiger partial charge in [-0.1, -0.05) is 30.7 Å². The van der Waals surface area contributed by atoms with Crippen LogP contribution in [0.4, 0.5) is 0 Å². The summed E-state index contributed by atoms with van der Waals surface area (Å²) in [6.07, 6.45) is 1.12. The van der Waals surface area contributed by atoms with Crippen LogP contribution in [0.5, 0.6) is 0 Å². The van der Waals surface area contributed by atoms with Gasteiger partial charge in [-0.05, 0) is 37.2 Å². The van der Waals surface area contributed by atoms with E-state index in [2.05, 4.69) is 12.2 Å². The number of furan rings is 1. The first-order valence-electron chi connectivity index (χ1n) is 5.85. The standard InChI is InChI=1S/C14H16ClNO.ClH/c1-2-9-16-10-11-7-8-14(17-11)12-5-3-4-6-13(12)15;/h3-8,16H,2,9-10H2,1H3;1H. The summed E-state index contributed by atoms with van der Waals surface area (Å²) in [7, 11) is 0. The lowest BCUT2D eigenvalue weighted by Crippen LogP contribution is -2.12. The van der Waals surface area contributed by atoms with Crippen LogP contribution in [-0.2, 0) is 6.54 Å². The van der Waals surface area contributed by atoms with E-state index in [1.54, 1.807) is 0 Å². The smallest absolute Gasteiger partial charge is 0.135 e. The topological polar surface area (TPSA) is 25.2 Å². The largest absolute Gasteiger partial charge is 0.460 e. The van der Waals surface area contributed by atoms with Gasteiger partial charge in [0.25, 0.3) is 0 Å². The maximum absolute atomic E-state index is 6.12. The molecule has 0 amide bonds. The van der Waals surface area contributed by atoms with Gasteiger partial charge in [0.15, 0.2) is 0 Å². The number of hydrogen-bond donors (Lipinski definition) is 1. The normalized spacial score (nSPS) is 10.1. The molecule has 0 saturated heterocycles. The third-order valence-corrected chi connectivity index (χ3v) is 2.86. The van der Waals surface area contributed by atoms with Crippen molar-refractivity contribution in [3.8, 4) is 11.3 Å². The zero-order valence-corrected chi connectivity index (χ0v) is 11.9. The molecule has 0 spiro atoms. The number of halogens is 2. The van der Waals surface area contributed by atoms with E-state index in [0.717, 1.165) is 41.6 Å². The number of hydrogen-bond acceptors (Lipinski definition) is 2. The maximum atomic E-state index is 6.12. The Morgan fingerprint density at radius 2 is 1.94 bits per heavy atom. The van der Waals surface area contributed by atoms with Crippen LogP contribution in [0.25, 0.3) is 11.3 Å². The lowest BCUT2D eigenvalue weighted by molar-refractivity contribution is 0.493. The highest BCUT2D eigenvalue weighted by Gasteiger charge is 2.07. The highest BCUT2D eigenvalue weighted by Crippen LogP contribution is 2.28. The monoisotopic (exact) mass is 285 g/mol. The Bertz CT molecular complexity index is 482. The summed E-state index contributed by atoms with van der Waals surface area (Å²) in [5.74, 6) is 1.76. The molecule has 98 valence electrons. The first-order chi connectivity index (χ1) is 8.31. The highest BCUT2D eigenvalue weighted by atomic mass is 35.5. The van der Waals surface area contributed by atoms with Gasteiger partial charge in [0, 0.05) is 5.56 Å². The van der Waals surface area contributed by atoms with Gasteiger partial charge in [-0.15, -0.1) is 12.4 Å². The van der Waals surface area contributed by atoms with Crippen molar-refractivity contribution < 1.29 is 4.42 Å². The van der Waals surface area contributed by atoms with E-state index in [0.29, 0.717) is 0 Å². The molecule has 18 heavy (non-hydrogen) atoms. The Morgan fingerprint density at radius 3 is 2.67 bits per heavy atom. The molecule has 4 heteroatoms. The Balaban J connectivity index is 0.00000162. The first-order valence-corrected chi connectivity index (χ1v) is 6.23. The van der Waals surface area contributed by atoms with E-state index in [9.17, 15) is 0 Å². The van der Waals surface area contributed by atoms with Crippen LogP contribution in [0.2, 0.25) is 5.02 Å². The highest BCUT2D eigenvalue weighted by molar-refractivity contribution is 6.33. The van der Waals surface area contributed by atoms with Gasteiger partial charge >= 0.3 is 0 Å². The van der Waals surface area contributed by atoms with Crippen molar-refractivity contribution in [2.24, 2.45) is 0 Å². The molecule has 0 unspecified atom stereocenters. The predicted molar refractivity (Wildman–Crippen MR) is 78.4 cm³/mol. The lowest BCUT2D eigenvalue weighted by Gasteiger charge is -2.01. The van der Waals surface area contributed by atoms with E-state index in [-0.39, 0.29) is 12.4 Å². The molecule has 0 aliphatic carbocycles. The molecule has 2 nitrogen and oxygen atoms in total. The van der Waals surface area contributed by atoms with E-state index < -0.39 is 0 Å². The third kappa shape index (κ3) is 3.77. The Hall–Kier alpha value is -0.960. The minimum atomic E-state index is 0. The fourth-order valence-corrected chi connectivity index (χ4v) is 1.90. The number of benzene rings is 1. The molecule has 1 aromatic heterocycles. The van der Waals surface area contributed by atoms with Gasteiger partial charge in [-0.25, -0.2) is 0 Å². The van der Waals surface area contributed by atoms with E-state index in [1.165, 1.54) is 0 Å². The Kier molecular flexibility index (Phi) is 6.27. The maximum Gasteiger partial charge on any atom is 0.135 e. The van der Waals surface area contributed by atoms with Crippen LogP contribution in [0.3, 0.4) is 0 Å². The van der Waals surface area contributed by atoms with Crippen molar-refractivity contribution >= 4 is 24.0 Å². The third-order valence-electron chi connectivity index (χ3n) is 2.53. The molecule has 0 aliphatic heterocycles. The average Bonchev–Trinajstić information content (AvgIpc) is 2.79.